The van der Waals surface area contributed by atoms with E-state index < -0.39 is 0 Å². The topological polar surface area (TPSA) is 9.23 Å². The first kappa shape index (κ1) is 16.2. The average Bonchev–Trinajstić information content (AvgIpc) is 2.90. The third kappa shape index (κ3) is 2.21. The molecule has 0 radical (unpaired) electrons. The smallest absolute Gasteiger partial charge is 0.0608 e. The molecule has 7 unspecified atom stereocenters. The summed E-state index contributed by atoms with van der Waals surface area (Å²) in [5.41, 5.74) is 2.90. The second-order valence-corrected chi connectivity index (χ2v) is 9.59. The standard InChI is InChI=1S/C22H36O/c1-5-15-7-9-19-18-8-6-16-14-17(23-4)10-12-22(16,3)20(18)11-13-21(15,19)2/h6,15,17-20H,5,7-14H2,1-4H3. The lowest BCUT2D eigenvalue weighted by molar-refractivity contribution is -0.0535. The zero-order valence-corrected chi connectivity index (χ0v) is 15.7. The lowest BCUT2D eigenvalue weighted by Gasteiger charge is -2.58. The minimum Gasteiger partial charge on any atom is -0.381 e. The number of hydrogen-bond donors (Lipinski definition) is 0. The van der Waals surface area contributed by atoms with Gasteiger partial charge >= 0.3 is 0 Å². The van der Waals surface area contributed by atoms with Crippen molar-refractivity contribution in [3.63, 3.8) is 0 Å². The van der Waals surface area contributed by atoms with Gasteiger partial charge in [-0.25, -0.2) is 0 Å². The molecule has 0 saturated heterocycles. The van der Waals surface area contributed by atoms with Crippen molar-refractivity contribution in [2.24, 2.45) is 34.5 Å². The predicted molar refractivity (Wildman–Crippen MR) is 96.3 cm³/mol. The summed E-state index contributed by atoms with van der Waals surface area (Å²) in [6.07, 6.45) is 15.7. The van der Waals surface area contributed by atoms with E-state index in [1.807, 2.05) is 7.11 Å². The number of hydrogen-bond acceptors (Lipinski definition) is 1. The second-order valence-electron chi connectivity index (χ2n) is 9.59. The van der Waals surface area contributed by atoms with E-state index in [0.717, 1.165) is 23.7 Å². The van der Waals surface area contributed by atoms with Crippen LogP contribution in [-0.4, -0.2) is 13.2 Å². The van der Waals surface area contributed by atoms with Gasteiger partial charge in [-0.15, -0.1) is 0 Å². The molecule has 23 heavy (non-hydrogen) atoms. The zero-order chi connectivity index (χ0) is 16.2. The number of rotatable bonds is 2. The Bertz CT molecular complexity index is 494. The molecule has 1 nitrogen and oxygen atoms in total. The molecule has 0 aromatic heterocycles. The van der Waals surface area contributed by atoms with Crippen LogP contribution in [0, 0.1) is 34.5 Å². The number of allylic oxidation sites excluding steroid dienone is 1. The lowest BCUT2D eigenvalue weighted by atomic mass is 9.47. The molecule has 0 aliphatic heterocycles. The Morgan fingerprint density at radius 3 is 2.65 bits per heavy atom. The van der Waals surface area contributed by atoms with Crippen LogP contribution in [0.4, 0.5) is 0 Å². The summed E-state index contributed by atoms with van der Waals surface area (Å²) in [5, 5.41) is 0. The summed E-state index contributed by atoms with van der Waals surface area (Å²) < 4.78 is 5.69. The van der Waals surface area contributed by atoms with E-state index in [2.05, 4.69) is 26.8 Å². The maximum absolute atomic E-state index is 5.69. The molecule has 4 rings (SSSR count). The van der Waals surface area contributed by atoms with E-state index in [4.69, 9.17) is 4.74 Å². The highest BCUT2D eigenvalue weighted by Crippen LogP contribution is 2.66. The van der Waals surface area contributed by atoms with Gasteiger partial charge in [0.1, 0.15) is 0 Å². The Balaban J connectivity index is 1.63. The van der Waals surface area contributed by atoms with Crippen LogP contribution in [0.1, 0.15) is 78.6 Å². The summed E-state index contributed by atoms with van der Waals surface area (Å²) in [6, 6.07) is 0. The van der Waals surface area contributed by atoms with Gasteiger partial charge < -0.3 is 4.74 Å². The van der Waals surface area contributed by atoms with Gasteiger partial charge in [-0.3, -0.25) is 0 Å². The predicted octanol–water partition coefficient (Wildman–Crippen LogP) is 5.99. The van der Waals surface area contributed by atoms with Gasteiger partial charge in [0.25, 0.3) is 0 Å². The molecule has 0 aromatic rings. The molecule has 4 aliphatic rings. The van der Waals surface area contributed by atoms with Gasteiger partial charge in [-0.05, 0) is 85.9 Å². The molecule has 7 atom stereocenters. The van der Waals surface area contributed by atoms with E-state index in [1.54, 1.807) is 5.57 Å². The highest BCUT2D eigenvalue weighted by atomic mass is 16.5. The van der Waals surface area contributed by atoms with Crippen LogP contribution < -0.4 is 0 Å². The van der Waals surface area contributed by atoms with E-state index in [0.29, 0.717) is 16.9 Å². The molecule has 130 valence electrons. The fourth-order valence-corrected chi connectivity index (χ4v) is 7.61. The Morgan fingerprint density at radius 1 is 1.09 bits per heavy atom. The highest BCUT2D eigenvalue weighted by molar-refractivity contribution is 5.25. The maximum Gasteiger partial charge on any atom is 0.0608 e. The molecule has 0 spiro atoms. The number of fused-ring (bicyclic) bond motifs is 5. The molecular weight excluding hydrogens is 280 g/mol. The van der Waals surface area contributed by atoms with Crippen LogP contribution in [0.15, 0.2) is 11.6 Å². The Morgan fingerprint density at radius 2 is 1.91 bits per heavy atom. The molecule has 3 fully saturated rings. The lowest BCUT2D eigenvalue weighted by Crippen LogP contribution is -2.50. The van der Waals surface area contributed by atoms with E-state index >= 15 is 0 Å². The van der Waals surface area contributed by atoms with Gasteiger partial charge in [0.15, 0.2) is 0 Å². The van der Waals surface area contributed by atoms with Crippen molar-refractivity contribution in [2.45, 2.75) is 84.7 Å². The Hall–Kier alpha value is -0.300. The second kappa shape index (κ2) is 5.61. The van der Waals surface area contributed by atoms with Crippen LogP contribution in [0.3, 0.4) is 0 Å². The van der Waals surface area contributed by atoms with E-state index in [-0.39, 0.29) is 0 Å². The molecule has 0 amide bonds. The van der Waals surface area contributed by atoms with Crippen LogP contribution in [0.5, 0.6) is 0 Å². The van der Waals surface area contributed by atoms with E-state index in [9.17, 15) is 0 Å². The van der Waals surface area contributed by atoms with Gasteiger partial charge in [0.05, 0.1) is 6.10 Å². The highest BCUT2D eigenvalue weighted by Gasteiger charge is 2.58. The van der Waals surface area contributed by atoms with Crippen molar-refractivity contribution >= 4 is 0 Å². The SMILES string of the molecule is CCC1CCC2C3CC=C4CC(OC)CCC4(C)C3CCC12C. The first-order valence-electron chi connectivity index (χ1n) is 10.2. The third-order valence-corrected chi connectivity index (χ3v) is 9.08. The summed E-state index contributed by atoms with van der Waals surface area (Å²) in [6.45, 7) is 7.69. The van der Waals surface area contributed by atoms with Gasteiger partial charge in [0, 0.05) is 7.11 Å². The normalized spacial score (nSPS) is 52.3. The minimum absolute atomic E-state index is 0.482. The molecular formula is C22H36O. The fourth-order valence-electron chi connectivity index (χ4n) is 7.61. The Labute approximate surface area is 143 Å². The molecule has 4 aliphatic carbocycles. The summed E-state index contributed by atoms with van der Waals surface area (Å²) in [5.74, 6) is 3.92. The number of methoxy groups -OCH3 is 1. The minimum atomic E-state index is 0.482. The molecule has 0 bridgehead atoms. The van der Waals surface area contributed by atoms with Crippen molar-refractivity contribution in [3.8, 4) is 0 Å². The van der Waals surface area contributed by atoms with Crippen LogP contribution in [0.25, 0.3) is 0 Å². The average molecular weight is 317 g/mol. The van der Waals surface area contributed by atoms with Crippen molar-refractivity contribution in [1.29, 1.82) is 0 Å². The van der Waals surface area contributed by atoms with Crippen LogP contribution in [0.2, 0.25) is 0 Å². The van der Waals surface area contributed by atoms with Gasteiger partial charge in [-0.1, -0.05) is 38.8 Å². The van der Waals surface area contributed by atoms with Crippen molar-refractivity contribution in [3.05, 3.63) is 11.6 Å². The Kier molecular flexibility index (Phi) is 3.95. The maximum atomic E-state index is 5.69. The van der Waals surface area contributed by atoms with Crippen molar-refractivity contribution in [2.75, 3.05) is 7.11 Å². The zero-order valence-electron chi connectivity index (χ0n) is 15.7. The molecule has 0 N–H and O–H groups in total. The summed E-state index contributed by atoms with van der Waals surface area (Å²) in [4.78, 5) is 0. The fraction of sp³-hybridized carbons (Fsp3) is 0.909. The molecule has 3 saturated carbocycles. The van der Waals surface area contributed by atoms with Crippen molar-refractivity contribution < 1.29 is 4.74 Å². The molecule has 0 aromatic carbocycles. The number of ether oxygens (including phenoxy) is 1. The third-order valence-electron chi connectivity index (χ3n) is 9.08. The van der Waals surface area contributed by atoms with Crippen LogP contribution >= 0.6 is 0 Å². The first-order chi connectivity index (χ1) is 11.0. The molecule has 1 heteroatoms. The molecule has 0 heterocycles. The van der Waals surface area contributed by atoms with Crippen LogP contribution in [-0.2, 0) is 4.74 Å². The largest absolute Gasteiger partial charge is 0.381 e. The first-order valence-corrected chi connectivity index (χ1v) is 10.2. The van der Waals surface area contributed by atoms with Crippen molar-refractivity contribution in [1.82, 2.24) is 0 Å². The van der Waals surface area contributed by atoms with Gasteiger partial charge in [-0.2, -0.15) is 0 Å². The monoisotopic (exact) mass is 316 g/mol. The summed E-state index contributed by atoms with van der Waals surface area (Å²) in [7, 11) is 1.90. The summed E-state index contributed by atoms with van der Waals surface area (Å²) >= 11 is 0. The quantitative estimate of drug-likeness (QED) is 0.568. The van der Waals surface area contributed by atoms with E-state index in [1.165, 1.54) is 57.8 Å². The van der Waals surface area contributed by atoms with Gasteiger partial charge in [0.2, 0.25) is 0 Å².